The van der Waals surface area contributed by atoms with E-state index < -0.39 is 0 Å². The van der Waals surface area contributed by atoms with Crippen molar-refractivity contribution in [1.29, 1.82) is 0 Å². The van der Waals surface area contributed by atoms with Gasteiger partial charge in [-0.3, -0.25) is 9.59 Å². The number of nitrogens with zero attached hydrogens (tertiary/aromatic N) is 2. The van der Waals surface area contributed by atoms with Crippen molar-refractivity contribution in [3.8, 4) is 0 Å². The SMILES string of the molecule is NC(=O)C1CCN(C(=O)CNc2cccc(Cl)c2N2CCOCC2)CC1. The third-order valence-corrected chi connectivity index (χ3v) is 5.30. The Balaban J connectivity index is 1.60. The van der Waals surface area contributed by atoms with Crippen LogP contribution in [0.25, 0.3) is 0 Å². The van der Waals surface area contributed by atoms with E-state index in [1.807, 2.05) is 18.2 Å². The van der Waals surface area contributed by atoms with Crippen LogP contribution in [0.2, 0.25) is 5.02 Å². The normalized spacial score (nSPS) is 18.7. The predicted molar refractivity (Wildman–Crippen MR) is 101 cm³/mol. The predicted octanol–water partition coefficient (Wildman–Crippen LogP) is 1.31. The largest absolute Gasteiger partial charge is 0.378 e. The topological polar surface area (TPSA) is 87.9 Å². The summed E-state index contributed by atoms with van der Waals surface area (Å²) in [7, 11) is 0. The number of carbonyl (C=O) groups is 2. The molecular weight excluding hydrogens is 356 g/mol. The Morgan fingerprint density at radius 1 is 1.19 bits per heavy atom. The second kappa shape index (κ2) is 8.60. The molecule has 1 aromatic carbocycles. The number of anilines is 2. The van der Waals surface area contributed by atoms with E-state index in [1.54, 1.807) is 4.90 Å². The van der Waals surface area contributed by atoms with Crippen LogP contribution in [0.15, 0.2) is 18.2 Å². The number of para-hydroxylation sites is 1. The molecule has 2 aliphatic rings. The molecule has 0 spiro atoms. The van der Waals surface area contributed by atoms with Gasteiger partial charge < -0.3 is 25.6 Å². The molecule has 3 N–H and O–H groups in total. The lowest BCUT2D eigenvalue weighted by molar-refractivity contribution is -0.133. The summed E-state index contributed by atoms with van der Waals surface area (Å²) >= 11 is 6.41. The maximum Gasteiger partial charge on any atom is 0.241 e. The summed E-state index contributed by atoms with van der Waals surface area (Å²) in [5, 5.41) is 3.89. The number of nitrogens with two attached hydrogens (primary N) is 1. The number of morpholine rings is 1. The Hall–Kier alpha value is -1.99. The number of halogens is 1. The van der Waals surface area contributed by atoms with E-state index in [4.69, 9.17) is 22.1 Å². The van der Waals surface area contributed by atoms with Crippen LogP contribution in [0.4, 0.5) is 11.4 Å². The number of benzene rings is 1. The van der Waals surface area contributed by atoms with E-state index in [1.165, 1.54) is 0 Å². The molecule has 0 saturated carbocycles. The molecule has 1 aromatic rings. The summed E-state index contributed by atoms with van der Waals surface area (Å²) in [6.45, 7) is 4.20. The van der Waals surface area contributed by atoms with Crippen LogP contribution in [0, 0.1) is 5.92 Å². The molecule has 142 valence electrons. The van der Waals surface area contributed by atoms with Crippen molar-refractivity contribution >= 4 is 34.8 Å². The lowest BCUT2D eigenvalue weighted by Crippen LogP contribution is -2.44. The van der Waals surface area contributed by atoms with Crippen LogP contribution in [0.5, 0.6) is 0 Å². The molecule has 0 bridgehead atoms. The van der Waals surface area contributed by atoms with Crippen molar-refractivity contribution in [3.05, 3.63) is 23.2 Å². The zero-order chi connectivity index (χ0) is 18.5. The first-order valence-electron chi connectivity index (χ1n) is 8.98. The van der Waals surface area contributed by atoms with Gasteiger partial charge in [0.2, 0.25) is 11.8 Å². The van der Waals surface area contributed by atoms with Gasteiger partial charge in [-0.15, -0.1) is 0 Å². The number of carbonyl (C=O) groups excluding carboxylic acids is 2. The van der Waals surface area contributed by atoms with Crippen LogP contribution in [-0.2, 0) is 14.3 Å². The first-order chi connectivity index (χ1) is 12.6. The minimum atomic E-state index is -0.274. The number of hydrogen-bond acceptors (Lipinski definition) is 5. The molecule has 2 saturated heterocycles. The number of piperidine rings is 1. The highest BCUT2D eigenvalue weighted by Crippen LogP contribution is 2.34. The van der Waals surface area contributed by atoms with E-state index in [0.29, 0.717) is 44.2 Å². The highest BCUT2D eigenvalue weighted by Gasteiger charge is 2.26. The van der Waals surface area contributed by atoms with Crippen molar-refractivity contribution in [2.75, 3.05) is 56.2 Å². The molecule has 0 aromatic heterocycles. The van der Waals surface area contributed by atoms with Crippen LogP contribution >= 0.6 is 11.6 Å². The first kappa shape index (κ1) is 18.8. The molecule has 2 heterocycles. The van der Waals surface area contributed by atoms with Crippen LogP contribution in [0.1, 0.15) is 12.8 Å². The number of nitrogens with one attached hydrogen (secondary N) is 1. The fraction of sp³-hybridized carbons (Fsp3) is 0.556. The Morgan fingerprint density at radius 3 is 2.54 bits per heavy atom. The van der Waals surface area contributed by atoms with E-state index in [9.17, 15) is 9.59 Å². The number of primary amides is 1. The smallest absolute Gasteiger partial charge is 0.241 e. The number of likely N-dealkylation sites (tertiary alicyclic amines) is 1. The van der Waals surface area contributed by atoms with E-state index >= 15 is 0 Å². The van der Waals surface area contributed by atoms with Gasteiger partial charge in [0.15, 0.2) is 0 Å². The van der Waals surface area contributed by atoms with E-state index in [2.05, 4.69) is 10.2 Å². The highest BCUT2D eigenvalue weighted by molar-refractivity contribution is 6.34. The summed E-state index contributed by atoms with van der Waals surface area (Å²) < 4.78 is 5.41. The molecule has 7 nitrogen and oxygen atoms in total. The summed E-state index contributed by atoms with van der Waals surface area (Å²) in [6.07, 6.45) is 1.27. The van der Waals surface area contributed by atoms with E-state index in [0.717, 1.165) is 24.5 Å². The minimum absolute atomic E-state index is 0.0147. The first-order valence-corrected chi connectivity index (χ1v) is 9.36. The van der Waals surface area contributed by atoms with Gasteiger partial charge in [0.05, 0.1) is 36.2 Å². The zero-order valence-electron chi connectivity index (χ0n) is 14.7. The molecule has 2 amide bonds. The fourth-order valence-corrected chi connectivity index (χ4v) is 3.76. The molecule has 3 rings (SSSR count). The molecule has 8 heteroatoms. The van der Waals surface area contributed by atoms with Crippen molar-refractivity contribution in [3.63, 3.8) is 0 Å². The Bertz CT molecular complexity index is 656. The van der Waals surface area contributed by atoms with Crippen LogP contribution < -0.4 is 16.0 Å². The summed E-state index contributed by atoms with van der Waals surface area (Å²) in [5.74, 6) is -0.377. The Morgan fingerprint density at radius 2 is 1.88 bits per heavy atom. The fourth-order valence-electron chi connectivity index (χ4n) is 3.46. The van der Waals surface area contributed by atoms with Gasteiger partial charge in [-0.2, -0.15) is 0 Å². The third kappa shape index (κ3) is 4.40. The molecule has 0 atom stereocenters. The second-order valence-corrected chi connectivity index (χ2v) is 7.05. The summed E-state index contributed by atoms with van der Waals surface area (Å²) in [6, 6.07) is 5.66. The standard InChI is InChI=1S/C18H25ClN4O3/c19-14-2-1-3-15(17(14)23-8-10-26-11-9-23)21-12-16(24)22-6-4-13(5-7-22)18(20)25/h1-3,13,21H,4-12H2,(H2,20,25). The van der Waals surface area contributed by atoms with Gasteiger partial charge in [-0.25, -0.2) is 0 Å². The zero-order valence-corrected chi connectivity index (χ0v) is 15.5. The molecule has 2 aliphatic heterocycles. The van der Waals surface area contributed by atoms with Crippen LogP contribution in [0.3, 0.4) is 0 Å². The minimum Gasteiger partial charge on any atom is -0.378 e. The van der Waals surface area contributed by atoms with Crippen LogP contribution in [-0.4, -0.2) is 62.7 Å². The molecular formula is C18H25ClN4O3. The number of ether oxygens (including phenoxy) is 1. The average Bonchev–Trinajstić information content (AvgIpc) is 2.67. The van der Waals surface area contributed by atoms with Crippen molar-refractivity contribution < 1.29 is 14.3 Å². The quantitative estimate of drug-likeness (QED) is 0.804. The number of amides is 2. The van der Waals surface area contributed by atoms with E-state index in [-0.39, 0.29) is 24.3 Å². The highest BCUT2D eigenvalue weighted by atomic mass is 35.5. The van der Waals surface area contributed by atoms with Gasteiger partial charge in [-0.1, -0.05) is 17.7 Å². The molecule has 26 heavy (non-hydrogen) atoms. The number of rotatable bonds is 5. The summed E-state index contributed by atoms with van der Waals surface area (Å²) in [4.78, 5) is 27.7. The Kier molecular flexibility index (Phi) is 6.21. The van der Waals surface area contributed by atoms with Gasteiger partial charge in [0.25, 0.3) is 0 Å². The second-order valence-electron chi connectivity index (χ2n) is 6.65. The maximum absolute atomic E-state index is 12.5. The van der Waals surface area contributed by atoms with Crippen molar-refractivity contribution in [2.45, 2.75) is 12.8 Å². The van der Waals surface area contributed by atoms with Crippen molar-refractivity contribution in [2.24, 2.45) is 11.7 Å². The molecule has 0 aliphatic carbocycles. The van der Waals surface area contributed by atoms with Gasteiger partial charge >= 0.3 is 0 Å². The maximum atomic E-state index is 12.5. The van der Waals surface area contributed by atoms with Gasteiger partial charge in [-0.05, 0) is 25.0 Å². The monoisotopic (exact) mass is 380 g/mol. The van der Waals surface area contributed by atoms with Gasteiger partial charge in [0.1, 0.15) is 0 Å². The molecule has 0 radical (unpaired) electrons. The lowest BCUT2D eigenvalue weighted by atomic mass is 9.96. The molecule has 2 fully saturated rings. The number of hydrogen-bond donors (Lipinski definition) is 2. The average molecular weight is 381 g/mol. The lowest BCUT2D eigenvalue weighted by Gasteiger charge is -2.32. The Labute approximate surface area is 158 Å². The molecule has 0 unspecified atom stereocenters. The summed E-state index contributed by atoms with van der Waals surface area (Å²) in [5.41, 5.74) is 7.11. The third-order valence-electron chi connectivity index (χ3n) is 4.99. The van der Waals surface area contributed by atoms with Crippen molar-refractivity contribution in [1.82, 2.24) is 4.90 Å². The van der Waals surface area contributed by atoms with Gasteiger partial charge in [0, 0.05) is 32.1 Å².